The van der Waals surface area contributed by atoms with E-state index in [2.05, 4.69) is 21.6 Å². The van der Waals surface area contributed by atoms with Crippen LogP contribution in [0.3, 0.4) is 0 Å². The van der Waals surface area contributed by atoms with E-state index in [0.717, 1.165) is 23.7 Å². The molecule has 0 saturated carbocycles. The van der Waals surface area contributed by atoms with Crippen LogP contribution in [0.4, 0.5) is 11.7 Å². The van der Waals surface area contributed by atoms with Gasteiger partial charge in [0.1, 0.15) is 28.5 Å². The average molecular weight is 420 g/mol. The first-order valence-corrected chi connectivity index (χ1v) is 9.93. The Bertz CT molecular complexity index is 1170. The van der Waals surface area contributed by atoms with E-state index < -0.39 is 0 Å². The van der Waals surface area contributed by atoms with E-state index in [1.54, 1.807) is 7.05 Å². The third kappa shape index (κ3) is 4.40. The van der Waals surface area contributed by atoms with Crippen LogP contribution >= 0.6 is 11.8 Å². The van der Waals surface area contributed by atoms with Crippen LogP contribution in [0.5, 0.6) is 0 Å². The zero-order chi connectivity index (χ0) is 21.7. The van der Waals surface area contributed by atoms with E-state index in [1.165, 1.54) is 10.9 Å². The van der Waals surface area contributed by atoms with Gasteiger partial charge in [0.25, 0.3) is 6.20 Å². The molecule has 30 heavy (non-hydrogen) atoms. The maximum atomic E-state index is 12.2. The van der Waals surface area contributed by atoms with Crippen molar-refractivity contribution >= 4 is 29.4 Å². The van der Waals surface area contributed by atoms with E-state index in [0.29, 0.717) is 11.1 Å². The predicted molar refractivity (Wildman–Crippen MR) is 110 cm³/mol. The van der Waals surface area contributed by atoms with Gasteiger partial charge in [-0.15, -0.1) is 0 Å². The molecule has 3 N–H and O–H groups in total. The number of pyridine rings is 1. The molecule has 3 rings (SSSR count). The number of aromatic nitrogens is 3. The minimum Gasteiger partial charge on any atom is -0.383 e. The summed E-state index contributed by atoms with van der Waals surface area (Å²) in [6, 6.07) is 11.7. The van der Waals surface area contributed by atoms with E-state index in [1.807, 2.05) is 37.3 Å². The lowest BCUT2D eigenvalue weighted by atomic mass is 9.96. The number of hydrogen-bond acceptors (Lipinski definition) is 8. The fourth-order valence-electron chi connectivity index (χ4n) is 2.79. The van der Waals surface area contributed by atoms with E-state index in [-0.39, 0.29) is 39.5 Å². The molecular formula is C20H18N7O2S+. The molecular weight excluding hydrogens is 402 g/mol. The van der Waals surface area contributed by atoms with Gasteiger partial charge in [0, 0.05) is 5.56 Å². The molecule has 0 unspecified atom stereocenters. The maximum absolute atomic E-state index is 12.2. The quantitative estimate of drug-likeness (QED) is 0.456. The van der Waals surface area contributed by atoms with E-state index in [9.17, 15) is 15.3 Å². The second kappa shape index (κ2) is 9.07. The lowest BCUT2D eigenvalue weighted by Crippen LogP contribution is -2.28. The molecule has 3 aromatic rings. The normalized spacial score (nSPS) is 10.3. The third-order valence-electron chi connectivity index (χ3n) is 4.24. The van der Waals surface area contributed by atoms with Crippen molar-refractivity contribution < 1.29 is 14.0 Å². The minimum atomic E-state index is -0.362. The zero-order valence-corrected chi connectivity index (χ0v) is 17.2. The van der Waals surface area contributed by atoms with Gasteiger partial charge in [-0.3, -0.25) is 14.6 Å². The second-order valence-electron chi connectivity index (χ2n) is 6.28. The number of thioether (sulfide) groups is 1. The summed E-state index contributed by atoms with van der Waals surface area (Å²) in [5, 5.41) is 25.8. The van der Waals surface area contributed by atoms with Gasteiger partial charge in [-0.05, 0) is 17.5 Å². The Labute approximate surface area is 177 Å². The van der Waals surface area contributed by atoms with Gasteiger partial charge < -0.3 is 5.73 Å². The number of carbonyl (C=O) groups is 1. The van der Waals surface area contributed by atoms with Crippen LogP contribution in [0.2, 0.25) is 0 Å². The summed E-state index contributed by atoms with van der Waals surface area (Å²) in [5.41, 5.74) is 8.58. The number of nitrogens with two attached hydrogens (primary N) is 1. The van der Waals surface area contributed by atoms with Crippen LogP contribution in [0.25, 0.3) is 11.1 Å². The molecule has 150 valence electrons. The number of amides is 1. The van der Waals surface area contributed by atoms with Crippen molar-refractivity contribution in [1.29, 1.82) is 10.5 Å². The fourth-order valence-corrected chi connectivity index (χ4v) is 3.58. The topological polar surface area (TPSA) is 146 Å². The number of nitrogens with one attached hydrogen (secondary N) is 1. The summed E-state index contributed by atoms with van der Waals surface area (Å²) in [5.74, 6) is -0.186. The molecule has 0 fully saturated rings. The molecule has 0 aliphatic carbocycles. The molecule has 9 nitrogen and oxygen atoms in total. The van der Waals surface area contributed by atoms with Crippen LogP contribution in [-0.4, -0.2) is 21.9 Å². The summed E-state index contributed by atoms with van der Waals surface area (Å²) >= 11 is 1.05. The smallest absolute Gasteiger partial charge is 0.302 e. The molecule has 0 aliphatic heterocycles. The van der Waals surface area contributed by atoms with Gasteiger partial charge in [0.2, 0.25) is 5.91 Å². The first-order valence-electron chi connectivity index (χ1n) is 8.95. The standard InChI is InChI=1S/C20H17N7O2S/c1-3-12-4-6-13(7-5-12)18-14(8-21)19(23)25-20(15(18)9-22)30-11-16(28)24-17-10-27(2)26-29-17/h4-7,10H,3,11H2,1-2H3,(H2-,23,24,25,26,28)/p+1. The SMILES string of the molecule is CCc1ccc(-c2c(C#N)c(N)nc(SCC(=O)Nc3c[n+](C)no3)c2C#N)cc1. The molecule has 0 spiro atoms. The molecule has 1 aromatic carbocycles. The number of nitrogen functional groups attached to an aromatic ring is 1. The van der Waals surface area contributed by atoms with Crippen molar-refractivity contribution in [2.45, 2.75) is 18.4 Å². The van der Waals surface area contributed by atoms with Gasteiger partial charge in [0.05, 0.1) is 11.3 Å². The van der Waals surface area contributed by atoms with Crippen LogP contribution in [-0.2, 0) is 18.3 Å². The van der Waals surface area contributed by atoms with Gasteiger partial charge in [-0.25, -0.2) is 4.98 Å². The molecule has 0 atom stereocenters. The largest absolute Gasteiger partial charge is 0.383 e. The highest BCUT2D eigenvalue weighted by molar-refractivity contribution is 8.00. The predicted octanol–water partition coefficient (Wildman–Crippen LogP) is 2.18. The van der Waals surface area contributed by atoms with Crippen molar-refractivity contribution in [2.75, 3.05) is 16.8 Å². The monoisotopic (exact) mass is 420 g/mol. The number of benzene rings is 1. The number of carbonyl (C=O) groups excluding carboxylic acids is 1. The van der Waals surface area contributed by atoms with Gasteiger partial charge in [-0.1, -0.05) is 47.6 Å². The third-order valence-corrected chi connectivity index (χ3v) is 5.22. The number of nitrogens with zero attached hydrogens (tertiary/aromatic N) is 5. The van der Waals surface area contributed by atoms with Crippen molar-refractivity contribution in [3.05, 3.63) is 47.2 Å². The highest BCUT2D eigenvalue weighted by atomic mass is 32.2. The van der Waals surface area contributed by atoms with Crippen LogP contribution in [0.15, 0.2) is 40.0 Å². The molecule has 0 saturated heterocycles. The Morgan fingerprint density at radius 3 is 2.53 bits per heavy atom. The fraction of sp³-hybridized carbons (Fsp3) is 0.200. The van der Waals surface area contributed by atoms with Crippen LogP contribution in [0.1, 0.15) is 23.6 Å². The molecule has 0 bridgehead atoms. The summed E-state index contributed by atoms with van der Waals surface area (Å²) in [7, 11) is 1.66. The Hall–Kier alpha value is -3.89. The maximum Gasteiger partial charge on any atom is 0.302 e. The first-order chi connectivity index (χ1) is 14.5. The number of nitriles is 2. The average Bonchev–Trinajstić information content (AvgIpc) is 3.16. The highest BCUT2D eigenvalue weighted by Gasteiger charge is 2.21. The second-order valence-corrected chi connectivity index (χ2v) is 7.24. The van der Waals surface area contributed by atoms with Crippen molar-refractivity contribution in [3.8, 4) is 23.3 Å². The van der Waals surface area contributed by atoms with Gasteiger partial charge >= 0.3 is 5.88 Å². The molecule has 10 heteroatoms. The lowest BCUT2D eigenvalue weighted by Gasteiger charge is -2.13. The summed E-state index contributed by atoms with van der Waals surface area (Å²) < 4.78 is 6.34. The number of rotatable bonds is 6. The molecule has 1 amide bonds. The van der Waals surface area contributed by atoms with Crippen LogP contribution in [0, 0.1) is 22.7 Å². The summed E-state index contributed by atoms with van der Waals surface area (Å²) in [6.07, 6.45) is 2.38. The lowest BCUT2D eigenvalue weighted by molar-refractivity contribution is -0.739. The Kier molecular flexibility index (Phi) is 6.30. The Morgan fingerprint density at radius 2 is 1.97 bits per heavy atom. The van der Waals surface area contributed by atoms with Gasteiger partial charge in [-0.2, -0.15) is 10.5 Å². The van der Waals surface area contributed by atoms with Crippen molar-refractivity contribution in [3.63, 3.8) is 0 Å². The first kappa shape index (κ1) is 20.8. The van der Waals surface area contributed by atoms with Crippen molar-refractivity contribution in [2.24, 2.45) is 7.05 Å². The molecule has 0 aliphatic rings. The molecule has 0 radical (unpaired) electrons. The van der Waals surface area contributed by atoms with Gasteiger partial charge in [0.15, 0.2) is 12.3 Å². The minimum absolute atomic E-state index is 0.0104. The number of anilines is 2. The van der Waals surface area contributed by atoms with Crippen molar-refractivity contribution in [1.82, 2.24) is 10.3 Å². The van der Waals surface area contributed by atoms with Crippen LogP contribution < -0.4 is 15.7 Å². The molecule has 2 aromatic heterocycles. The molecule has 2 heterocycles. The summed E-state index contributed by atoms with van der Waals surface area (Å²) in [4.78, 5) is 16.4. The van der Waals surface area contributed by atoms with E-state index in [4.69, 9.17) is 10.3 Å². The Morgan fingerprint density at radius 1 is 1.27 bits per heavy atom. The highest BCUT2D eigenvalue weighted by Crippen LogP contribution is 2.35. The van der Waals surface area contributed by atoms with E-state index >= 15 is 0 Å². The zero-order valence-electron chi connectivity index (χ0n) is 16.3. The summed E-state index contributed by atoms with van der Waals surface area (Å²) in [6.45, 7) is 2.04. The number of aryl methyl sites for hydroxylation is 2. The number of hydrogen-bond donors (Lipinski definition) is 2. The Balaban J connectivity index is 1.93.